The first-order chi connectivity index (χ1) is 8.08. The van der Waals surface area contributed by atoms with E-state index in [0.717, 1.165) is 16.9 Å². The van der Waals surface area contributed by atoms with Crippen molar-refractivity contribution >= 4 is 11.4 Å². The molecule has 1 rings (SSSR count). The van der Waals surface area contributed by atoms with Crippen LogP contribution in [0.1, 0.15) is 5.56 Å². The summed E-state index contributed by atoms with van der Waals surface area (Å²) >= 11 is 0. The van der Waals surface area contributed by atoms with Crippen LogP contribution in [-0.2, 0) is 0 Å². The Labute approximate surface area is 101 Å². The van der Waals surface area contributed by atoms with Gasteiger partial charge in [-0.1, -0.05) is 6.07 Å². The summed E-state index contributed by atoms with van der Waals surface area (Å²) in [5.74, 6) is 0. The van der Waals surface area contributed by atoms with Crippen LogP contribution >= 0.6 is 0 Å². The second kappa shape index (κ2) is 5.58. The molecule has 0 aliphatic rings. The molecule has 4 nitrogen and oxygen atoms in total. The molecule has 0 bridgehead atoms. The number of rotatable bonds is 3. The first-order valence-electron chi connectivity index (χ1n) is 5.13. The van der Waals surface area contributed by atoms with Gasteiger partial charge in [0.2, 0.25) is 0 Å². The number of benzene rings is 1. The van der Waals surface area contributed by atoms with Crippen molar-refractivity contribution in [2.24, 2.45) is 0 Å². The Morgan fingerprint density at radius 2 is 1.94 bits per heavy atom. The SMILES string of the molecule is Cc1ccc(N(C)C)cc1NC=C(C#N)C#N. The van der Waals surface area contributed by atoms with Gasteiger partial charge in [-0.3, -0.25) is 0 Å². The van der Waals surface area contributed by atoms with E-state index in [0.29, 0.717) is 0 Å². The van der Waals surface area contributed by atoms with Crippen molar-refractivity contribution in [3.63, 3.8) is 0 Å². The molecule has 0 aromatic heterocycles. The van der Waals surface area contributed by atoms with Gasteiger partial charge in [-0.25, -0.2) is 0 Å². The highest BCUT2D eigenvalue weighted by Crippen LogP contribution is 2.22. The summed E-state index contributed by atoms with van der Waals surface area (Å²) in [6.07, 6.45) is 1.42. The van der Waals surface area contributed by atoms with E-state index in [1.807, 2.05) is 44.1 Å². The van der Waals surface area contributed by atoms with Gasteiger partial charge in [0, 0.05) is 31.7 Å². The highest BCUT2D eigenvalue weighted by atomic mass is 15.1. The normalized spacial score (nSPS) is 8.76. The van der Waals surface area contributed by atoms with E-state index in [1.54, 1.807) is 12.1 Å². The lowest BCUT2D eigenvalue weighted by Crippen LogP contribution is -2.09. The third-order valence-corrected chi connectivity index (χ3v) is 2.35. The summed E-state index contributed by atoms with van der Waals surface area (Å²) in [5.41, 5.74) is 3.06. The smallest absolute Gasteiger partial charge is 0.145 e. The molecule has 4 heteroatoms. The minimum absolute atomic E-state index is 0.0552. The topological polar surface area (TPSA) is 62.9 Å². The van der Waals surface area contributed by atoms with E-state index in [1.165, 1.54) is 6.20 Å². The Morgan fingerprint density at radius 3 is 2.47 bits per heavy atom. The molecule has 1 N–H and O–H groups in total. The van der Waals surface area contributed by atoms with Crippen LogP contribution in [0, 0.1) is 29.6 Å². The molecule has 0 atom stereocenters. The first-order valence-corrected chi connectivity index (χ1v) is 5.13. The molecule has 0 amide bonds. The van der Waals surface area contributed by atoms with E-state index in [-0.39, 0.29) is 5.57 Å². The maximum atomic E-state index is 8.63. The number of nitrogens with one attached hydrogen (secondary N) is 1. The second-order valence-corrected chi connectivity index (χ2v) is 3.82. The summed E-state index contributed by atoms with van der Waals surface area (Å²) < 4.78 is 0. The molecule has 86 valence electrons. The van der Waals surface area contributed by atoms with E-state index < -0.39 is 0 Å². The van der Waals surface area contributed by atoms with Crippen molar-refractivity contribution in [1.29, 1.82) is 10.5 Å². The fourth-order valence-electron chi connectivity index (χ4n) is 1.28. The van der Waals surface area contributed by atoms with Crippen LogP contribution in [0.5, 0.6) is 0 Å². The number of hydrogen-bond donors (Lipinski definition) is 1. The van der Waals surface area contributed by atoms with Crippen molar-refractivity contribution in [3.05, 3.63) is 35.5 Å². The Kier molecular flexibility index (Phi) is 4.14. The predicted molar refractivity (Wildman–Crippen MR) is 68.4 cm³/mol. The predicted octanol–water partition coefficient (Wildman–Crippen LogP) is 2.40. The van der Waals surface area contributed by atoms with Gasteiger partial charge in [0.25, 0.3) is 0 Å². The minimum atomic E-state index is 0.0552. The molecule has 1 aromatic carbocycles. The Hall–Kier alpha value is -2.46. The molecular weight excluding hydrogens is 212 g/mol. The van der Waals surface area contributed by atoms with Gasteiger partial charge < -0.3 is 10.2 Å². The Bertz CT molecular complexity index is 499. The monoisotopic (exact) mass is 226 g/mol. The van der Waals surface area contributed by atoms with Crippen LogP contribution in [0.15, 0.2) is 30.0 Å². The van der Waals surface area contributed by atoms with E-state index >= 15 is 0 Å². The number of nitriles is 2. The average Bonchev–Trinajstić information content (AvgIpc) is 2.32. The lowest BCUT2D eigenvalue weighted by Gasteiger charge is -2.15. The molecule has 0 radical (unpaired) electrons. The quantitative estimate of drug-likeness (QED) is 0.804. The summed E-state index contributed by atoms with van der Waals surface area (Å²) in [4.78, 5) is 1.99. The molecule has 0 aliphatic heterocycles. The van der Waals surface area contributed by atoms with Gasteiger partial charge >= 0.3 is 0 Å². The van der Waals surface area contributed by atoms with Crippen molar-refractivity contribution < 1.29 is 0 Å². The average molecular weight is 226 g/mol. The standard InChI is InChI=1S/C13H14N4/c1-10-4-5-12(17(2)3)6-13(10)16-9-11(7-14)8-15/h4-6,9,16H,1-3H3. The van der Waals surface area contributed by atoms with E-state index in [2.05, 4.69) is 5.32 Å². The number of aryl methyl sites for hydroxylation is 1. The zero-order valence-corrected chi connectivity index (χ0v) is 10.2. The van der Waals surface area contributed by atoms with Gasteiger partial charge in [0.1, 0.15) is 17.7 Å². The lowest BCUT2D eigenvalue weighted by molar-refractivity contribution is 1.13. The third-order valence-electron chi connectivity index (χ3n) is 2.35. The minimum Gasteiger partial charge on any atom is -0.378 e. The van der Waals surface area contributed by atoms with Crippen molar-refractivity contribution in [2.75, 3.05) is 24.3 Å². The summed E-state index contributed by atoms with van der Waals surface area (Å²) in [7, 11) is 3.92. The molecule has 0 fully saturated rings. The van der Waals surface area contributed by atoms with Crippen molar-refractivity contribution in [2.45, 2.75) is 6.92 Å². The zero-order chi connectivity index (χ0) is 12.8. The molecule has 0 spiro atoms. The van der Waals surface area contributed by atoms with Gasteiger partial charge in [-0.05, 0) is 24.6 Å². The molecule has 0 aliphatic carbocycles. The van der Waals surface area contributed by atoms with Gasteiger partial charge in [0.15, 0.2) is 0 Å². The highest BCUT2D eigenvalue weighted by molar-refractivity contribution is 5.63. The van der Waals surface area contributed by atoms with Gasteiger partial charge in [0.05, 0.1) is 0 Å². The largest absolute Gasteiger partial charge is 0.378 e. The molecule has 0 unspecified atom stereocenters. The van der Waals surface area contributed by atoms with Crippen molar-refractivity contribution in [3.8, 4) is 12.1 Å². The summed E-state index contributed by atoms with van der Waals surface area (Å²) in [6, 6.07) is 9.59. The van der Waals surface area contributed by atoms with Crippen LogP contribution in [0.3, 0.4) is 0 Å². The first kappa shape index (κ1) is 12.6. The summed E-state index contributed by atoms with van der Waals surface area (Å²) in [5, 5.41) is 20.2. The van der Waals surface area contributed by atoms with Gasteiger partial charge in [-0.15, -0.1) is 0 Å². The highest BCUT2D eigenvalue weighted by Gasteiger charge is 2.01. The van der Waals surface area contributed by atoms with Crippen LogP contribution in [-0.4, -0.2) is 14.1 Å². The number of hydrogen-bond acceptors (Lipinski definition) is 4. The number of allylic oxidation sites excluding steroid dienone is 1. The molecule has 0 heterocycles. The van der Waals surface area contributed by atoms with Crippen LogP contribution in [0.2, 0.25) is 0 Å². The van der Waals surface area contributed by atoms with Crippen molar-refractivity contribution in [1.82, 2.24) is 0 Å². The Morgan fingerprint density at radius 1 is 1.29 bits per heavy atom. The fourth-order valence-corrected chi connectivity index (χ4v) is 1.28. The second-order valence-electron chi connectivity index (χ2n) is 3.82. The third kappa shape index (κ3) is 3.25. The molecule has 0 saturated heterocycles. The van der Waals surface area contributed by atoms with E-state index in [4.69, 9.17) is 10.5 Å². The molecular formula is C13H14N4. The van der Waals surface area contributed by atoms with Gasteiger partial charge in [-0.2, -0.15) is 10.5 Å². The van der Waals surface area contributed by atoms with E-state index in [9.17, 15) is 0 Å². The maximum Gasteiger partial charge on any atom is 0.145 e. The molecule has 0 saturated carbocycles. The lowest BCUT2D eigenvalue weighted by atomic mass is 10.1. The number of anilines is 2. The Balaban J connectivity index is 3.00. The van der Waals surface area contributed by atoms with Crippen LogP contribution in [0.25, 0.3) is 0 Å². The molecule has 1 aromatic rings. The van der Waals surface area contributed by atoms with Crippen LogP contribution in [0.4, 0.5) is 11.4 Å². The van der Waals surface area contributed by atoms with Crippen LogP contribution < -0.4 is 10.2 Å². The zero-order valence-electron chi connectivity index (χ0n) is 10.2. The summed E-state index contributed by atoms with van der Waals surface area (Å²) in [6.45, 7) is 1.97. The fraction of sp³-hybridized carbons (Fsp3) is 0.231. The molecule has 17 heavy (non-hydrogen) atoms. The maximum absolute atomic E-state index is 8.63. The number of nitrogens with zero attached hydrogens (tertiary/aromatic N) is 3.